The van der Waals surface area contributed by atoms with Crippen LogP contribution in [-0.4, -0.2) is 15.1 Å². The molecular formula is C15H12FN3OS. The van der Waals surface area contributed by atoms with Gasteiger partial charge in [-0.05, 0) is 38.1 Å². The molecule has 3 aromatic heterocycles. The predicted octanol–water partition coefficient (Wildman–Crippen LogP) is 4.12. The van der Waals surface area contributed by atoms with Crippen LogP contribution in [0.3, 0.4) is 0 Å². The number of aryl methyl sites for hydroxylation is 2. The summed E-state index contributed by atoms with van der Waals surface area (Å²) in [5, 5.41) is 6.90. The maximum atomic E-state index is 13.0. The van der Waals surface area contributed by atoms with Crippen LogP contribution >= 0.6 is 11.3 Å². The first-order valence-electron chi connectivity index (χ1n) is 6.32. The fraction of sp³-hybridized carbons (Fsp3) is 0.133. The molecule has 0 aliphatic carbocycles. The molecule has 21 heavy (non-hydrogen) atoms. The van der Waals surface area contributed by atoms with E-state index in [0.29, 0.717) is 17.1 Å². The number of halogens is 1. The van der Waals surface area contributed by atoms with E-state index in [9.17, 15) is 4.39 Å². The normalized spacial score (nSPS) is 11.4. The zero-order valence-electron chi connectivity index (χ0n) is 11.5. The molecular weight excluding hydrogens is 289 g/mol. The highest BCUT2D eigenvalue weighted by molar-refractivity contribution is 7.10. The van der Waals surface area contributed by atoms with E-state index in [1.54, 1.807) is 17.4 Å². The second-order valence-corrected chi connectivity index (χ2v) is 5.41. The van der Waals surface area contributed by atoms with Crippen LogP contribution in [-0.2, 0) is 0 Å². The number of rotatable bonds is 3. The third-order valence-electron chi connectivity index (χ3n) is 2.91. The third kappa shape index (κ3) is 2.90. The molecule has 0 saturated heterocycles. The van der Waals surface area contributed by atoms with Gasteiger partial charge in [0.25, 0.3) is 0 Å². The van der Waals surface area contributed by atoms with Gasteiger partial charge in [-0.3, -0.25) is 4.98 Å². The second-order valence-electron chi connectivity index (χ2n) is 4.52. The lowest BCUT2D eigenvalue weighted by Gasteiger charge is -1.97. The van der Waals surface area contributed by atoms with Crippen molar-refractivity contribution in [2.75, 3.05) is 0 Å². The van der Waals surface area contributed by atoms with E-state index in [4.69, 9.17) is 4.52 Å². The van der Waals surface area contributed by atoms with E-state index in [1.807, 2.05) is 31.4 Å². The van der Waals surface area contributed by atoms with Crippen molar-refractivity contribution in [2.24, 2.45) is 0 Å². The van der Waals surface area contributed by atoms with Gasteiger partial charge in [-0.1, -0.05) is 5.16 Å². The van der Waals surface area contributed by atoms with Crippen molar-refractivity contribution < 1.29 is 8.91 Å². The van der Waals surface area contributed by atoms with Gasteiger partial charge >= 0.3 is 0 Å². The van der Waals surface area contributed by atoms with E-state index >= 15 is 0 Å². The minimum absolute atomic E-state index is 0.380. The van der Waals surface area contributed by atoms with Gasteiger partial charge in [-0.25, -0.2) is 9.37 Å². The van der Waals surface area contributed by atoms with Gasteiger partial charge in [0.15, 0.2) is 0 Å². The molecule has 4 nitrogen and oxygen atoms in total. The van der Waals surface area contributed by atoms with Crippen LogP contribution in [0.2, 0.25) is 0 Å². The number of thiazole rings is 1. The van der Waals surface area contributed by atoms with Gasteiger partial charge < -0.3 is 4.52 Å². The Morgan fingerprint density at radius 3 is 2.76 bits per heavy atom. The fourth-order valence-electron chi connectivity index (χ4n) is 1.88. The highest BCUT2D eigenvalue weighted by Gasteiger charge is 2.13. The van der Waals surface area contributed by atoms with E-state index in [-0.39, 0.29) is 5.82 Å². The van der Waals surface area contributed by atoms with Crippen molar-refractivity contribution in [1.29, 1.82) is 0 Å². The molecule has 3 heterocycles. The lowest BCUT2D eigenvalue weighted by Crippen LogP contribution is -1.87. The maximum absolute atomic E-state index is 13.0. The van der Waals surface area contributed by atoms with Crippen LogP contribution in [0.4, 0.5) is 4.39 Å². The van der Waals surface area contributed by atoms with Crippen molar-refractivity contribution in [3.63, 3.8) is 0 Å². The molecule has 0 amide bonds. The minimum atomic E-state index is -0.380. The lowest BCUT2D eigenvalue weighted by molar-refractivity contribution is 0.399. The van der Waals surface area contributed by atoms with Crippen LogP contribution in [0.1, 0.15) is 22.0 Å². The van der Waals surface area contributed by atoms with Crippen molar-refractivity contribution in [3.8, 4) is 11.4 Å². The van der Waals surface area contributed by atoms with Crippen molar-refractivity contribution in [3.05, 3.63) is 51.6 Å². The molecule has 0 N–H and O–H groups in total. The van der Waals surface area contributed by atoms with E-state index in [0.717, 1.165) is 22.5 Å². The quantitative estimate of drug-likeness (QED) is 0.730. The summed E-state index contributed by atoms with van der Waals surface area (Å²) in [7, 11) is 0. The SMILES string of the molecule is Cc1csc(/C=C/c2c(-c3ccc(F)cn3)noc2C)n1. The first kappa shape index (κ1) is 13.6. The largest absolute Gasteiger partial charge is 0.360 e. The van der Waals surface area contributed by atoms with Gasteiger partial charge in [-0.15, -0.1) is 11.3 Å². The van der Waals surface area contributed by atoms with E-state index in [2.05, 4.69) is 15.1 Å². The van der Waals surface area contributed by atoms with Crippen molar-refractivity contribution >= 4 is 23.5 Å². The van der Waals surface area contributed by atoms with Gasteiger partial charge in [0, 0.05) is 16.6 Å². The summed E-state index contributed by atoms with van der Waals surface area (Å²) in [6, 6.07) is 2.93. The molecule has 106 valence electrons. The molecule has 0 unspecified atom stereocenters. The molecule has 3 rings (SSSR count). The summed E-state index contributed by atoms with van der Waals surface area (Å²) in [4.78, 5) is 8.41. The molecule has 3 aromatic rings. The first-order valence-corrected chi connectivity index (χ1v) is 7.20. The van der Waals surface area contributed by atoms with E-state index < -0.39 is 0 Å². The molecule has 0 aliphatic heterocycles. The summed E-state index contributed by atoms with van der Waals surface area (Å²) in [6.07, 6.45) is 4.96. The van der Waals surface area contributed by atoms with Crippen molar-refractivity contribution in [1.82, 2.24) is 15.1 Å². The van der Waals surface area contributed by atoms with Gasteiger partial charge in [-0.2, -0.15) is 0 Å². The summed E-state index contributed by atoms with van der Waals surface area (Å²) >= 11 is 1.57. The highest BCUT2D eigenvalue weighted by Crippen LogP contribution is 2.26. The Labute approximate surface area is 125 Å². The molecule has 0 atom stereocenters. The average Bonchev–Trinajstić information content (AvgIpc) is 3.04. The molecule has 6 heteroatoms. The zero-order valence-corrected chi connectivity index (χ0v) is 12.3. The Balaban J connectivity index is 1.97. The average molecular weight is 301 g/mol. The molecule has 0 aromatic carbocycles. The number of hydrogen-bond donors (Lipinski definition) is 0. The predicted molar refractivity (Wildman–Crippen MR) is 80.2 cm³/mol. The Hall–Kier alpha value is -2.34. The number of pyridine rings is 1. The third-order valence-corrected chi connectivity index (χ3v) is 3.84. The second kappa shape index (κ2) is 5.57. The van der Waals surface area contributed by atoms with Crippen molar-refractivity contribution in [2.45, 2.75) is 13.8 Å². The van der Waals surface area contributed by atoms with Gasteiger partial charge in [0.2, 0.25) is 0 Å². The molecule has 0 radical (unpaired) electrons. The summed E-state index contributed by atoms with van der Waals surface area (Å²) in [5.41, 5.74) is 2.98. The smallest absolute Gasteiger partial charge is 0.141 e. The van der Waals surface area contributed by atoms with Crippen LogP contribution < -0.4 is 0 Å². The Morgan fingerprint density at radius 2 is 2.10 bits per heavy atom. The van der Waals surface area contributed by atoms with E-state index in [1.165, 1.54) is 6.07 Å². The fourth-order valence-corrected chi connectivity index (χ4v) is 2.57. The topological polar surface area (TPSA) is 51.8 Å². The maximum Gasteiger partial charge on any atom is 0.141 e. The van der Waals surface area contributed by atoms with Crippen LogP contribution in [0.25, 0.3) is 23.5 Å². The monoisotopic (exact) mass is 301 g/mol. The summed E-state index contributed by atoms with van der Waals surface area (Å²) in [5.74, 6) is 0.301. The first-order chi connectivity index (χ1) is 10.1. The van der Waals surface area contributed by atoms with Crippen LogP contribution in [0, 0.1) is 19.7 Å². The Morgan fingerprint density at radius 1 is 1.24 bits per heavy atom. The van der Waals surface area contributed by atoms with Crippen LogP contribution in [0.15, 0.2) is 28.2 Å². The Kier molecular flexibility index (Phi) is 3.62. The lowest BCUT2D eigenvalue weighted by atomic mass is 10.1. The van der Waals surface area contributed by atoms with Gasteiger partial charge in [0.1, 0.15) is 22.3 Å². The Bertz CT molecular complexity index is 790. The molecule has 0 spiro atoms. The zero-order chi connectivity index (χ0) is 14.8. The van der Waals surface area contributed by atoms with Gasteiger partial charge in [0.05, 0.1) is 11.9 Å². The molecule has 0 aliphatic rings. The molecule has 0 bridgehead atoms. The summed E-state index contributed by atoms with van der Waals surface area (Å²) < 4.78 is 18.2. The highest BCUT2D eigenvalue weighted by atomic mass is 32.1. The molecule has 0 fully saturated rings. The number of nitrogens with zero attached hydrogens (tertiary/aromatic N) is 3. The van der Waals surface area contributed by atoms with Crippen LogP contribution in [0.5, 0.6) is 0 Å². The number of aromatic nitrogens is 3. The minimum Gasteiger partial charge on any atom is -0.360 e. The number of hydrogen-bond acceptors (Lipinski definition) is 5. The molecule has 0 saturated carbocycles. The summed E-state index contributed by atoms with van der Waals surface area (Å²) in [6.45, 7) is 3.78. The standard InChI is InChI=1S/C15H12FN3OS/c1-9-8-21-14(18-9)6-4-12-10(2)20-19-15(12)13-5-3-11(16)7-17-13/h3-8H,1-2H3/b6-4+.